The third-order valence-corrected chi connectivity index (χ3v) is 4.05. The van der Waals surface area contributed by atoms with Crippen molar-refractivity contribution in [1.82, 2.24) is 9.88 Å². The summed E-state index contributed by atoms with van der Waals surface area (Å²) in [6.07, 6.45) is 1.92. The summed E-state index contributed by atoms with van der Waals surface area (Å²) in [7, 11) is 1.34. The predicted molar refractivity (Wildman–Crippen MR) is 96.0 cm³/mol. The van der Waals surface area contributed by atoms with Crippen molar-refractivity contribution in [2.45, 2.75) is 19.9 Å². The van der Waals surface area contributed by atoms with E-state index in [1.807, 2.05) is 30.3 Å². The average molecular weight is 361 g/mol. The van der Waals surface area contributed by atoms with Crippen LogP contribution >= 0.6 is 11.6 Å². The minimum atomic E-state index is -0.414. The first-order chi connectivity index (χ1) is 12.0. The number of halogens is 1. The SMILES string of the molecule is COC(=O)C(C)CN(Cc1ccccn1)C(=O)Cc1ccc(Cl)cc1. The van der Waals surface area contributed by atoms with Crippen molar-refractivity contribution in [2.24, 2.45) is 5.92 Å². The van der Waals surface area contributed by atoms with Crippen LogP contribution in [0.25, 0.3) is 0 Å². The van der Waals surface area contributed by atoms with Crippen LogP contribution < -0.4 is 0 Å². The molecule has 0 fully saturated rings. The molecule has 0 N–H and O–H groups in total. The molecule has 1 unspecified atom stereocenters. The summed E-state index contributed by atoms with van der Waals surface area (Å²) in [5.74, 6) is -0.836. The van der Waals surface area contributed by atoms with E-state index in [2.05, 4.69) is 4.98 Å². The Morgan fingerprint density at radius 3 is 2.52 bits per heavy atom. The number of esters is 1. The molecule has 0 saturated heterocycles. The molecule has 1 atom stereocenters. The second-order valence-corrected chi connectivity index (χ2v) is 6.26. The van der Waals surface area contributed by atoms with Crippen molar-refractivity contribution in [3.05, 3.63) is 64.9 Å². The normalized spacial score (nSPS) is 11.6. The van der Waals surface area contributed by atoms with Crippen LogP contribution in [0.15, 0.2) is 48.7 Å². The van der Waals surface area contributed by atoms with Gasteiger partial charge in [-0.3, -0.25) is 14.6 Å². The summed E-state index contributed by atoms with van der Waals surface area (Å²) in [5, 5.41) is 0.626. The van der Waals surface area contributed by atoms with Crippen LogP contribution in [0.5, 0.6) is 0 Å². The quantitative estimate of drug-likeness (QED) is 0.712. The Morgan fingerprint density at radius 1 is 1.20 bits per heavy atom. The van der Waals surface area contributed by atoms with Gasteiger partial charge in [-0.05, 0) is 29.8 Å². The molecule has 0 aliphatic carbocycles. The first kappa shape index (κ1) is 18.9. The zero-order chi connectivity index (χ0) is 18.2. The highest BCUT2D eigenvalue weighted by Gasteiger charge is 2.22. The number of amides is 1. The molecule has 1 heterocycles. The van der Waals surface area contributed by atoms with Crippen LogP contribution in [0, 0.1) is 5.92 Å². The Bertz CT molecular complexity index is 704. The minimum Gasteiger partial charge on any atom is -0.469 e. The number of aromatic nitrogens is 1. The van der Waals surface area contributed by atoms with Crippen molar-refractivity contribution in [2.75, 3.05) is 13.7 Å². The van der Waals surface area contributed by atoms with Gasteiger partial charge >= 0.3 is 5.97 Å². The number of hydrogen-bond acceptors (Lipinski definition) is 4. The molecule has 2 rings (SSSR count). The maximum atomic E-state index is 12.8. The lowest BCUT2D eigenvalue weighted by Gasteiger charge is -2.25. The number of benzene rings is 1. The van der Waals surface area contributed by atoms with Gasteiger partial charge in [-0.2, -0.15) is 0 Å². The Hall–Kier alpha value is -2.40. The first-order valence-corrected chi connectivity index (χ1v) is 8.37. The van der Waals surface area contributed by atoms with Crippen LogP contribution in [0.2, 0.25) is 5.02 Å². The highest BCUT2D eigenvalue weighted by molar-refractivity contribution is 6.30. The smallest absolute Gasteiger partial charge is 0.310 e. The number of pyridine rings is 1. The van der Waals surface area contributed by atoms with Crippen LogP contribution in [-0.4, -0.2) is 35.4 Å². The van der Waals surface area contributed by atoms with Gasteiger partial charge in [0.05, 0.1) is 31.7 Å². The number of ether oxygens (including phenoxy) is 1. The molecule has 0 saturated carbocycles. The maximum absolute atomic E-state index is 12.8. The van der Waals surface area contributed by atoms with Crippen molar-refractivity contribution in [3.8, 4) is 0 Å². The summed E-state index contributed by atoms with van der Waals surface area (Å²) in [4.78, 5) is 30.4. The van der Waals surface area contributed by atoms with E-state index in [0.717, 1.165) is 11.3 Å². The molecule has 0 radical (unpaired) electrons. The van der Waals surface area contributed by atoms with Gasteiger partial charge in [0.2, 0.25) is 5.91 Å². The van der Waals surface area contributed by atoms with E-state index in [4.69, 9.17) is 16.3 Å². The molecule has 0 aliphatic rings. The van der Waals surface area contributed by atoms with Gasteiger partial charge in [0.1, 0.15) is 0 Å². The van der Waals surface area contributed by atoms with Crippen LogP contribution in [0.1, 0.15) is 18.2 Å². The molecule has 0 bridgehead atoms. The molecular formula is C19H21ClN2O3. The number of nitrogens with zero attached hydrogens (tertiary/aromatic N) is 2. The van der Waals surface area contributed by atoms with E-state index in [1.54, 1.807) is 30.2 Å². The third kappa shape index (κ3) is 5.87. The third-order valence-electron chi connectivity index (χ3n) is 3.80. The predicted octanol–water partition coefficient (Wildman–Crippen LogP) is 3.12. The van der Waals surface area contributed by atoms with E-state index in [9.17, 15) is 9.59 Å². The monoisotopic (exact) mass is 360 g/mol. The molecular weight excluding hydrogens is 340 g/mol. The van der Waals surface area contributed by atoms with Gasteiger partial charge < -0.3 is 9.64 Å². The molecule has 2 aromatic rings. The highest BCUT2D eigenvalue weighted by atomic mass is 35.5. The topological polar surface area (TPSA) is 59.5 Å². The second kappa shape index (κ2) is 9.18. The van der Waals surface area contributed by atoms with Crippen molar-refractivity contribution >= 4 is 23.5 Å². The Morgan fingerprint density at radius 2 is 1.92 bits per heavy atom. The second-order valence-electron chi connectivity index (χ2n) is 5.82. The first-order valence-electron chi connectivity index (χ1n) is 7.99. The summed E-state index contributed by atoms with van der Waals surface area (Å²) in [6, 6.07) is 12.7. The van der Waals surface area contributed by atoms with Gasteiger partial charge in [0.25, 0.3) is 0 Å². The summed E-state index contributed by atoms with van der Waals surface area (Å²) < 4.78 is 4.77. The fourth-order valence-electron chi connectivity index (χ4n) is 2.44. The summed E-state index contributed by atoms with van der Waals surface area (Å²) >= 11 is 5.88. The molecule has 1 amide bonds. The minimum absolute atomic E-state index is 0.0799. The van der Waals surface area contributed by atoms with E-state index in [-0.39, 0.29) is 24.8 Å². The number of hydrogen-bond donors (Lipinski definition) is 0. The van der Waals surface area contributed by atoms with E-state index in [0.29, 0.717) is 11.6 Å². The molecule has 1 aromatic carbocycles. The fraction of sp³-hybridized carbons (Fsp3) is 0.316. The average Bonchev–Trinajstić information content (AvgIpc) is 2.63. The maximum Gasteiger partial charge on any atom is 0.310 e. The Kier molecular flexibility index (Phi) is 6.95. The van der Waals surface area contributed by atoms with Gasteiger partial charge in [-0.1, -0.05) is 36.7 Å². The largest absolute Gasteiger partial charge is 0.469 e. The van der Waals surface area contributed by atoms with Gasteiger partial charge in [0, 0.05) is 17.8 Å². The van der Waals surface area contributed by atoms with Crippen LogP contribution in [0.3, 0.4) is 0 Å². The molecule has 0 aliphatic heterocycles. The number of rotatable bonds is 7. The molecule has 1 aromatic heterocycles. The van der Waals surface area contributed by atoms with Crippen LogP contribution in [0.4, 0.5) is 0 Å². The zero-order valence-electron chi connectivity index (χ0n) is 14.3. The number of methoxy groups -OCH3 is 1. The fourth-order valence-corrected chi connectivity index (χ4v) is 2.56. The number of carbonyl (C=O) groups excluding carboxylic acids is 2. The van der Waals surface area contributed by atoms with Crippen molar-refractivity contribution in [1.29, 1.82) is 0 Å². The number of carbonyl (C=O) groups is 2. The Labute approximate surface area is 152 Å². The van der Waals surface area contributed by atoms with Crippen molar-refractivity contribution in [3.63, 3.8) is 0 Å². The standard InChI is InChI=1S/C19H21ClN2O3/c1-14(19(24)25-2)12-22(13-17-5-3-4-10-21-17)18(23)11-15-6-8-16(20)9-7-15/h3-10,14H,11-13H2,1-2H3. The van der Waals surface area contributed by atoms with Gasteiger partial charge in [-0.25, -0.2) is 0 Å². The lowest BCUT2D eigenvalue weighted by atomic mass is 10.1. The van der Waals surface area contributed by atoms with Crippen LogP contribution in [-0.2, 0) is 27.3 Å². The van der Waals surface area contributed by atoms with E-state index in [1.165, 1.54) is 7.11 Å². The van der Waals surface area contributed by atoms with E-state index < -0.39 is 5.92 Å². The van der Waals surface area contributed by atoms with Gasteiger partial charge in [-0.15, -0.1) is 0 Å². The van der Waals surface area contributed by atoms with Gasteiger partial charge in [0.15, 0.2) is 0 Å². The summed E-state index contributed by atoms with van der Waals surface area (Å²) in [5.41, 5.74) is 1.63. The van der Waals surface area contributed by atoms with Crippen molar-refractivity contribution < 1.29 is 14.3 Å². The molecule has 25 heavy (non-hydrogen) atoms. The Balaban J connectivity index is 2.12. The zero-order valence-corrected chi connectivity index (χ0v) is 15.1. The summed E-state index contributed by atoms with van der Waals surface area (Å²) in [6.45, 7) is 2.36. The molecule has 6 heteroatoms. The lowest BCUT2D eigenvalue weighted by Crippen LogP contribution is -2.38. The van der Waals surface area contributed by atoms with E-state index >= 15 is 0 Å². The lowest BCUT2D eigenvalue weighted by molar-refractivity contribution is -0.146. The molecule has 5 nitrogen and oxygen atoms in total. The highest BCUT2D eigenvalue weighted by Crippen LogP contribution is 2.13. The molecule has 0 spiro atoms. The molecule has 132 valence electrons.